The van der Waals surface area contributed by atoms with Crippen molar-refractivity contribution in [2.24, 2.45) is 58.2 Å². The molecule has 6 aliphatic carbocycles. The summed E-state index contributed by atoms with van der Waals surface area (Å²) in [4.78, 5) is 0. The fourth-order valence-electron chi connectivity index (χ4n) is 8.79. The Labute approximate surface area is 181 Å². The third kappa shape index (κ3) is 3.24. The third-order valence-electron chi connectivity index (χ3n) is 10.6. The Morgan fingerprint density at radius 2 is 1.07 bits per heavy atom. The number of fused-ring (bicyclic) bond motifs is 4. The molecule has 6 aliphatic rings. The van der Waals surface area contributed by atoms with E-state index in [-0.39, 0.29) is 0 Å². The zero-order valence-electron chi connectivity index (χ0n) is 20.0. The molecule has 0 saturated heterocycles. The van der Waals surface area contributed by atoms with Crippen LogP contribution >= 0.6 is 11.5 Å². The lowest BCUT2D eigenvalue weighted by atomic mass is 9.29. The van der Waals surface area contributed by atoms with E-state index in [1.807, 2.05) is 0 Å². The summed E-state index contributed by atoms with van der Waals surface area (Å²) in [6.45, 7) is 19.9. The molecule has 160 valence electrons. The van der Waals surface area contributed by atoms with Crippen LogP contribution in [0.5, 0.6) is 0 Å². The van der Waals surface area contributed by atoms with Crippen molar-refractivity contribution in [1.29, 1.82) is 0 Å². The molecule has 0 aromatic carbocycles. The molecular formula is C26H46BCl. The second-order valence-electron chi connectivity index (χ2n) is 13.6. The highest BCUT2D eigenvalue weighted by Gasteiger charge is 2.63. The van der Waals surface area contributed by atoms with Gasteiger partial charge in [-0.15, -0.1) is 0 Å². The van der Waals surface area contributed by atoms with E-state index >= 15 is 0 Å². The van der Waals surface area contributed by atoms with E-state index in [0.717, 1.165) is 59.0 Å². The van der Waals surface area contributed by atoms with Gasteiger partial charge in [0.2, 0.25) is 0 Å². The normalized spacial score (nSPS) is 45.5. The van der Waals surface area contributed by atoms with Crippen LogP contribution in [0, 0.1) is 58.2 Å². The maximum Gasteiger partial charge on any atom is 0.257 e. The topological polar surface area (TPSA) is 0 Å². The molecule has 4 bridgehead atoms. The fraction of sp³-hybridized carbons (Fsp3) is 1.00. The van der Waals surface area contributed by atoms with Crippen LogP contribution in [0.1, 0.15) is 93.9 Å². The molecule has 28 heavy (non-hydrogen) atoms. The Bertz CT molecular complexity index is 529. The van der Waals surface area contributed by atoms with Crippen LogP contribution in [0.15, 0.2) is 0 Å². The highest BCUT2D eigenvalue weighted by Crippen LogP contribution is 2.71. The molecule has 0 unspecified atom stereocenters. The molecule has 0 amide bonds. The monoisotopic (exact) mass is 404 g/mol. The van der Waals surface area contributed by atoms with E-state index in [9.17, 15) is 0 Å². The smallest absolute Gasteiger partial charge is 0.195 e. The standard InChI is InChI=1S/C26H46BCl/c1-15(2)9-19-21-11-17(25(21,5)6)13-23(19)27(28)24-14-18-12-22(26(18,7)8)20(24)10-16(3)4/h15-24H,9-14H2,1-8H3/t17-,18-,19+,20+,21+,22+,23+,24+/m0/s1. The van der Waals surface area contributed by atoms with Crippen molar-refractivity contribution in [1.82, 2.24) is 0 Å². The highest BCUT2D eigenvalue weighted by molar-refractivity contribution is 7.08. The van der Waals surface area contributed by atoms with Gasteiger partial charge in [-0.1, -0.05) is 68.2 Å². The summed E-state index contributed by atoms with van der Waals surface area (Å²) in [5.74, 6) is 8.62. The molecule has 0 radical (unpaired) electrons. The van der Waals surface area contributed by atoms with Gasteiger partial charge in [0, 0.05) is 0 Å². The van der Waals surface area contributed by atoms with E-state index < -0.39 is 0 Å². The van der Waals surface area contributed by atoms with Gasteiger partial charge in [-0.05, 0) is 95.5 Å². The fourth-order valence-corrected chi connectivity index (χ4v) is 9.37. The average Bonchev–Trinajstić information content (AvgIpc) is 2.59. The Morgan fingerprint density at radius 3 is 1.36 bits per heavy atom. The molecular weight excluding hydrogens is 359 g/mol. The van der Waals surface area contributed by atoms with Gasteiger partial charge in [0.25, 0.3) is 6.13 Å². The van der Waals surface area contributed by atoms with Crippen molar-refractivity contribution in [3.63, 3.8) is 0 Å². The summed E-state index contributed by atoms with van der Waals surface area (Å²) in [5.41, 5.74) is 1.14. The van der Waals surface area contributed by atoms with Crippen molar-refractivity contribution in [2.45, 2.75) is 106 Å². The van der Waals surface area contributed by atoms with Gasteiger partial charge in [0.05, 0.1) is 0 Å². The largest absolute Gasteiger partial charge is 0.257 e. The maximum atomic E-state index is 7.55. The number of hydrogen-bond donors (Lipinski definition) is 0. The quantitative estimate of drug-likeness (QED) is 0.390. The molecule has 2 heteroatoms. The Morgan fingerprint density at radius 1 is 0.714 bits per heavy atom. The summed E-state index contributed by atoms with van der Waals surface area (Å²) in [5, 5.41) is 0. The van der Waals surface area contributed by atoms with E-state index in [2.05, 4.69) is 55.4 Å². The van der Waals surface area contributed by atoms with Gasteiger partial charge >= 0.3 is 0 Å². The summed E-state index contributed by atoms with van der Waals surface area (Å²) >= 11 is 7.55. The van der Waals surface area contributed by atoms with Crippen molar-refractivity contribution in [3.05, 3.63) is 0 Å². The summed E-state index contributed by atoms with van der Waals surface area (Å²) < 4.78 is 0. The minimum Gasteiger partial charge on any atom is -0.195 e. The number of rotatable bonds is 6. The first kappa shape index (κ1) is 21.6. The SMILES string of the molecule is CC(C)C[C@@H]1[C@H]2C[C@@H](C[C@H]1B(Cl)[C@@H]1C[C@@H]3C[C@H]([C@H]1CC(C)C)C3(C)C)C2(C)C. The van der Waals surface area contributed by atoms with Gasteiger partial charge in [0.1, 0.15) is 0 Å². The van der Waals surface area contributed by atoms with Crippen LogP contribution in [0.25, 0.3) is 0 Å². The van der Waals surface area contributed by atoms with E-state index in [0.29, 0.717) is 17.0 Å². The molecule has 0 aromatic rings. The van der Waals surface area contributed by atoms with Crippen LogP contribution in [0.4, 0.5) is 0 Å². The zero-order valence-corrected chi connectivity index (χ0v) is 20.7. The molecule has 0 nitrogen and oxygen atoms in total. The lowest BCUT2D eigenvalue weighted by Crippen LogP contribution is -2.59. The minimum absolute atomic E-state index is 0.426. The van der Waals surface area contributed by atoms with Crippen LogP contribution in [0.3, 0.4) is 0 Å². The van der Waals surface area contributed by atoms with E-state index in [4.69, 9.17) is 11.5 Å². The van der Waals surface area contributed by atoms with Gasteiger partial charge in [-0.3, -0.25) is 0 Å². The maximum absolute atomic E-state index is 7.55. The summed E-state index contributed by atoms with van der Waals surface area (Å²) in [6.07, 6.45) is 9.03. The average molecular weight is 405 g/mol. The first-order valence-electron chi connectivity index (χ1n) is 12.6. The molecule has 0 spiro atoms. The molecule has 6 rings (SSSR count). The first-order chi connectivity index (χ1) is 12.9. The van der Waals surface area contributed by atoms with Gasteiger partial charge in [-0.25, -0.2) is 0 Å². The van der Waals surface area contributed by atoms with Crippen molar-refractivity contribution in [2.75, 3.05) is 0 Å². The molecule has 0 N–H and O–H groups in total. The Hall–Kier alpha value is 0.355. The molecule has 6 fully saturated rings. The van der Waals surface area contributed by atoms with Crippen LogP contribution in [-0.2, 0) is 0 Å². The second-order valence-corrected chi connectivity index (χ2v) is 14.1. The number of halogens is 1. The minimum atomic E-state index is 0.426. The second kappa shape index (κ2) is 7.20. The lowest BCUT2D eigenvalue weighted by molar-refractivity contribution is -0.117. The van der Waals surface area contributed by atoms with Crippen molar-refractivity contribution < 1.29 is 0 Å². The van der Waals surface area contributed by atoms with Crippen LogP contribution in [-0.4, -0.2) is 6.13 Å². The van der Waals surface area contributed by atoms with E-state index in [1.54, 1.807) is 0 Å². The molecule has 0 aliphatic heterocycles. The molecule has 0 aromatic heterocycles. The van der Waals surface area contributed by atoms with Crippen LogP contribution in [0.2, 0.25) is 11.6 Å². The van der Waals surface area contributed by atoms with Crippen molar-refractivity contribution in [3.8, 4) is 0 Å². The van der Waals surface area contributed by atoms with Gasteiger partial charge in [0.15, 0.2) is 0 Å². The third-order valence-corrected chi connectivity index (χ3v) is 11.3. The lowest BCUT2D eigenvalue weighted by Gasteiger charge is -2.66. The summed E-state index contributed by atoms with van der Waals surface area (Å²) in [6, 6.07) is 0. The van der Waals surface area contributed by atoms with Gasteiger partial charge in [-0.2, -0.15) is 11.5 Å². The Balaban J connectivity index is 1.56. The zero-order chi connectivity index (χ0) is 20.6. The first-order valence-corrected chi connectivity index (χ1v) is 13.0. The van der Waals surface area contributed by atoms with Gasteiger partial charge < -0.3 is 0 Å². The number of hydrogen-bond acceptors (Lipinski definition) is 0. The predicted molar refractivity (Wildman–Crippen MR) is 125 cm³/mol. The van der Waals surface area contributed by atoms with Crippen molar-refractivity contribution >= 4 is 17.6 Å². The molecule has 8 atom stereocenters. The van der Waals surface area contributed by atoms with E-state index in [1.165, 1.54) is 38.5 Å². The summed E-state index contributed by atoms with van der Waals surface area (Å²) in [7, 11) is 0. The molecule has 0 heterocycles. The molecule has 6 saturated carbocycles. The van der Waals surface area contributed by atoms with Crippen LogP contribution < -0.4 is 0 Å². The predicted octanol–water partition coefficient (Wildman–Crippen LogP) is 8.41. The Kier molecular flexibility index (Phi) is 5.55. The highest BCUT2D eigenvalue weighted by atomic mass is 35.5.